The van der Waals surface area contributed by atoms with E-state index in [1.807, 2.05) is 13.8 Å². The van der Waals surface area contributed by atoms with Crippen LogP contribution in [-0.4, -0.2) is 35.8 Å². The first-order valence-electron chi connectivity index (χ1n) is 14.3. The number of benzene rings is 1. The Balaban J connectivity index is 2.65. The van der Waals surface area contributed by atoms with Gasteiger partial charge in [0.15, 0.2) is 0 Å². The molecular weight excluding hydrogens is 524 g/mol. The lowest BCUT2D eigenvalue weighted by Gasteiger charge is -2.33. The molecule has 1 aliphatic rings. The van der Waals surface area contributed by atoms with Gasteiger partial charge in [0.2, 0.25) is 11.8 Å². The van der Waals surface area contributed by atoms with E-state index in [4.69, 9.17) is 32.4 Å². The lowest BCUT2D eigenvalue weighted by Crippen LogP contribution is -2.36. The summed E-state index contributed by atoms with van der Waals surface area (Å²) >= 11 is 0. The van der Waals surface area contributed by atoms with Crippen LogP contribution in [0.25, 0.3) is 0 Å². The van der Waals surface area contributed by atoms with Crippen molar-refractivity contribution >= 4 is 23.8 Å². The number of ether oxygens (including phenoxy) is 2. The van der Waals surface area contributed by atoms with Gasteiger partial charge in [0.25, 0.3) is 0 Å². The molecule has 2 unspecified atom stereocenters. The number of carbonyl (C=O) groups excluding carboxylic acids is 4. The zero-order valence-corrected chi connectivity index (χ0v) is 24.6. The highest BCUT2D eigenvalue weighted by Gasteiger charge is 2.33. The van der Waals surface area contributed by atoms with Crippen molar-refractivity contribution in [1.82, 2.24) is 0 Å². The van der Waals surface area contributed by atoms with E-state index >= 15 is 0 Å². The van der Waals surface area contributed by atoms with Crippen molar-refractivity contribution in [2.24, 2.45) is 28.9 Å². The predicted octanol–water partition coefficient (Wildman–Crippen LogP) is 3.43. The topological polar surface area (TPSA) is 191 Å². The van der Waals surface area contributed by atoms with E-state index in [1.54, 1.807) is 12.1 Å². The van der Waals surface area contributed by atoms with Crippen molar-refractivity contribution in [3.63, 3.8) is 0 Å². The van der Waals surface area contributed by atoms with Gasteiger partial charge in [0.1, 0.15) is 23.6 Å². The third-order valence-corrected chi connectivity index (χ3v) is 7.38. The van der Waals surface area contributed by atoms with Crippen LogP contribution in [0.2, 0.25) is 0 Å². The van der Waals surface area contributed by atoms with Crippen LogP contribution >= 0.6 is 0 Å². The molecule has 1 aromatic rings. The van der Waals surface area contributed by atoms with E-state index in [0.717, 1.165) is 48.8 Å². The molecule has 0 saturated carbocycles. The van der Waals surface area contributed by atoms with Gasteiger partial charge >= 0.3 is 11.9 Å². The number of unbranched alkanes of at least 4 members (excludes halogenated alkanes) is 2. The van der Waals surface area contributed by atoms with Gasteiger partial charge in [-0.25, -0.2) is 9.59 Å². The Morgan fingerprint density at radius 2 is 1.46 bits per heavy atom. The Bertz CT molecular complexity index is 1100. The van der Waals surface area contributed by atoms with Crippen LogP contribution in [-0.2, 0) is 25.6 Å². The van der Waals surface area contributed by atoms with Crippen LogP contribution in [0.15, 0.2) is 35.9 Å². The van der Waals surface area contributed by atoms with Gasteiger partial charge < -0.3 is 32.4 Å². The zero-order chi connectivity index (χ0) is 30.7. The van der Waals surface area contributed by atoms with Crippen LogP contribution < -0.4 is 32.4 Å². The fourth-order valence-electron chi connectivity index (χ4n) is 4.98. The zero-order valence-electron chi connectivity index (χ0n) is 24.6. The molecule has 2 rings (SSSR count). The van der Waals surface area contributed by atoms with Crippen molar-refractivity contribution in [2.75, 3.05) is 0 Å². The summed E-state index contributed by atoms with van der Waals surface area (Å²) in [5.41, 5.74) is 26.0. The van der Waals surface area contributed by atoms with Crippen molar-refractivity contribution in [3.8, 4) is 11.5 Å². The number of nitrogens with two attached hydrogens (primary N) is 4. The lowest BCUT2D eigenvalue weighted by molar-refractivity contribution is -0.136. The molecule has 0 bridgehead atoms. The Morgan fingerprint density at radius 1 is 0.951 bits per heavy atom. The summed E-state index contributed by atoms with van der Waals surface area (Å²) in [4.78, 5) is 48.7. The number of aryl methyl sites for hydroxylation is 1. The molecule has 1 aromatic carbocycles. The summed E-state index contributed by atoms with van der Waals surface area (Å²) in [5, 5.41) is 0. The molecule has 10 nitrogen and oxygen atoms in total. The SMILES string of the molecule is C=C(C)C1CCC(C)=CC1c1c(OC(=O)[C@@H](N)CCC(N)=O)cc(CCCCC)cc1OC(=O)[C@@H](N)CCC(N)=O. The quantitative estimate of drug-likeness (QED) is 0.100. The second-order valence-corrected chi connectivity index (χ2v) is 11.1. The molecular formula is C31H46N4O6. The molecule has 2 amide bonds. The molecule has 0 radical (unpaired) electrons. The highest BCUT2D eigenvalue weighted by Crippen LogP contribution is 2.47. The summed E-state index contributed by atoms with van der Waals surface area (Å²) in [6.45, 7) is 10.3. The van der Waals surface area contributed by atoms with Crippen LogP contribution in [0.5, 0.6) is 11.5 Å². The molecule has 0 aliphatic heterocycles. The Morgan fingerprint density at radius 3 is 1.90 bits per heavy atom. The maximum Gasteiger partial charge on any atom is 0.328 e. The van der Waals surface area contributed by atoms with Crippen molar-refractivity contribution in [3.05, 3.63) is 47.1 Å². The molecule has 0 saturated heterocycles. The fourth-order valence-corrected chi connectivity index (χ4v) is 4.98. The van der Waals surface area contributed by atoms with Gasteiger partial charge in [-0.05, 0) is 76.0 Å². The van der Waals surface area contributed by atoms with Gasteiger partial charge in [0.05, 0.1) is 0 Å². The molecule has 8 N–H and O–H groups in total. The van der Waals surface area contributed by atoms with Crippen molar-refractivity contribution in [2.45, 2.75) is 103 Å². The largest absolute Gasteiger partial charge is 0.425 e. The van der Waals surface area contributed by atoms with E-state index in [2.05, 4.69) is 19.6 Å². The number of hydrogen-bond acceptors (Lipinski definition) is 8. The van der Waals surface area contributed by atoms with E-state index in [0.29, 0.717) is 12.0 Å². The number of amides is 2. The Kier molecular flexibility index (Phi) is 13.2. The molecule has 4 atom stereocenters. The van der Waals surface area contributed by atoms with Gasteiger partial charge in [0, 0.05) is 24.3 Å². The molecule has 41 heavy (non-hydrogen) atoms. The average molecular weight is 571 g/mol. The fraction of sp³-hybridized carbons (Fsp3) is 0.548. The summed E-state index contributed by atoms with van der Waals surface area (Å²) in [6, 6.07) is 1.43. The maximum atomic E-state index is 13.1. The molecule has 0 aromatic heterocycles. The highest BCUT2D eigenvalue weighted by molar-refractivity contribution is 5.82. The molecule has 226 valence electrons. The number of carbonyl (C=O) groups is 4. The highest BCUT2D eigenvalue weighted by atomic mass is 16.5. The predicted molar refractivity (Wildman–Crippen MR) is 158 cm³/mol. The first-order valence-corrected chi connectivity index (χ1v) is 14.3. The van der Waals surface area contributed by atoms with Gasteiger partial charge in [-0.15, -0.1) is 0 Å². The molecule has 1 aliphatic carbocycles. The van der Waals surface area contributed by atoms with E-state index in [-0.39, 0.29) is 49.0 Å². The molecule has 0 heterocycles. The number of allylic oxidation sites excluding steroid dienone is 3. The minimum absolute atomic E-state index is 0.00776. The molecule has 0 spiro atoms. The number of rotatable bonds is 16. The van der Waals surface area contributed by atoms with Gasteiger partial charge in [-0.2, -0.15) is 0 Å². The van der Waals surface area contributed by atoms with Gasteiger partial charge in [-0.1, -0.05) is 43.6 Å². The van der Waals surface area contributed by atoms with E-state index < -0.39 is 35.8 Å². The normalized spacial score (nSPS) is 18.1. The minimum Gasteiger partial charge on any atom is -0.425 e. The number of esters is 2. The summed E-state index contributed by atoms with van der Waals surface area (Å²) < 4.78 is 11.8. The number of hydrogen-bond donors (Lipinski definition) is 4. The van der Waals surface area contributed by atoms with Crippen molar-refractivity contribution in [1.29, 1.82) is 0 Å². The maximum absolute atomic E-state index is 13.1. The van der Waals surface area contributed by atoms with Crippen LogP contribution in [0, 0.1) is 5.92 Å². The molecule has 0 fully saturated rings. The second-order valence-electron chi connectivity index (χ2n) is 11.1. The first-order chi connectivity index (χ1) is 19.3. The second kappa shape index (κ2) is 16.1. The summed E-state index contributed by atoms with van der Waals surface area (Å²) in [5.74, 6) is -2.44. The lowest BCUT2D eigenvalue weighted by atomic mass is 9.73. The van der Waals surface area contributed by atoms with E-state index in [1.165, 1.54) is 0 Å². The van der Waals surface area contributed by atoms with Crippen LogP contribution in [0.3, 0.4) is 0 Å². The third-order valence-electron chi connectivity index (χ3n) is 7.38. The minimum atomic E-state index is -1.08. The smallest absolute Gasteiger partial charge is 0.328 e. The average Bonchev–Trinajstić information content (AvgIpc) is 2.90. The monoisotopic (exact) mass is 570 g/mol. The molecule has 10 heteroatoms. The third kappa shape index (κ3) is 10.4. The van der Waals surface area contributed by atoms with Crippen molar-refractivity contribution < 1.29 is 28.7 Å². The van der Waals surface area contributed by atoms with Crippen LogP contribution in [0.4, 0.5) is 0 Å². The van der Waals surface area contributed by atoms with Crippen LogP contribution in [0.1, 0.15) is 95.6 Å². The summed E-state index contributed by atoms with van der Waals surface area (Å²) in [7, 11) is 0. The summed E-state index contributed by atoms with van der Waals surface area (Å²) in [6.07, 6.45) is 7.27. The Labute approximate surface area is 242 Å². The Hall–Kier alpha value is -3.50. The first kappa shape index (κ1) is 33.7. The standard InChI is InChI=1S/C31H46N4O6/c1-5-6-7-8-20-16-25(40-30(38)23(32)11-13-27(34)36)29(22-15-19(4)9-10-21(22)18(2)3)26(17-20)41-31(39)24(33)12-14-28(35)37/h15-17,21-24H,2,5-14,32-33H2,1,3-4H3,(H2,34,36)(H2,35,37)/t21?,22?,23-,24-/m0/s1. The van der Waals surface area contributed by atoms with E-state index in [9.17, 15) is 19.2 Å². The number of primary amides is 2. The van der Waals surface area contributed by atoms with Gasteiger partial charge in [-0.3, -0.25) is 9.59 Å².